The van der Waals surface area contributed by atoms with Gasteiger partial charge in [0.15, 0.2) is 0 Å². The van der Waals surface area contributed by atoms with E-state index < -0.39 is 4.92 Å². The Morgan fingerprint density at radius 3 is 1.58 bits per heavy atom. The van der Waals surface area contributed by atoms with Crippen molar-refractivity contribution < 1.29 is 14.4 Å². The predicted octanol–water partition coefficient (Wildman–Crippen LogP) is 6.25. The molecule has 0 bridgehead atoms. The van der Waals surface area contributed by atoms with Crippen LogP contribution in [-0.2, 0) is 0 Å². The third-order valence-corrected chi connectivity index (χ3v) is 4.87. The lowest BCUT2D eigenvalue weighted by Gasteiger charge is -2.02. The summed E-state index contributed by atoms with van der Waals surface area (Å²) >= 11 is 0. The number of hydrogen-bond donors (Lipinski definition) is 4. The zero-order valence-corrected chi connectivity index (χ0v) is 21.5. The van der Waals surface area contributed by atoms with Gasteiger partial charge in [0.05, 0.1) is 19.1 Å². The molecule has 0 aromatic heterocycles. The molecule has 4 aromatic carbocycles. The number of nitro benzene ring substituents is 1. The molecule has 204 valence electrons. The van der Waals surface area contributed by atoms with Crippen molar-refractivity contribution in [2.24, 2.45) is 0 Å². The molecule has 0 atom stereocenters. The van der Waals surface area contributed by atoms with Gasteiger partial charge in [-0.3, -0.25) is 10.1 Å². The molecule has 0 spiro atoms. The number of nitrogens with zero attached hydrogens (tertiary/aromatic N) is 1. The molecule has 0 heterocycles. The Bertz CT molecular complexity index is 1230. The van der Waals surface area contributed by atoms with Gasteiger partial charge in [-0.05, 0) is 79.6 Å². The molecule has 9 heteroatoms. The fourth-order valence-corrected chi connectivity index (χ4v) is 2.57. The van der Waals surface area contributed by atoms with Gasteiger partial charge in [-0.25, -0.2) is 0 Å². The third kappa shape index (κ3) is 12.7. The first-order valence-corrected chi connectivity index (χ1v) is 11.2. The monoisotopic (exact) mass is 521 g/mol. The summed E-state index contributed by atoms with van der Waals surface area (Å²) in [7, 11) is 3.27. The van der Waals surface area contributed by atoms with Crippen LogP contribution in [0.5, 0.6) is 11.5 Å². The van der Waals surface area contributed by atoms with Gasteiger partial charge in [-0.15, -0.1) is 0 Å². The van der Waals surface area contributed by atoms with E-state index in [4.69, 9.17) is 32.4 Å². The highest BCUT2D eigenvalue weighted by molar-refractivity contribution is 5.53. The van der Waals surface area contributed by atoms with E-state index in [0.29, 0.717) is 5.69 Å². The molecule has 0 unspecified atom stereocenters. The van der Waals surface area contributed by atoms with E-state index in [1.807, 2.05) is 67.6 Å². The molecule has 0 aliphatic carbocycles. The SMILES string of the molecule is C.COc1ccc(N)c(C)c1.COc1ccc(N)cc1.Cc1ccc([N+](=O)[O-])cc1N.Nc1ccccc1. The Morgan fingerprint density at radius 1 is 0.632 bits per heavy atom. The number of aryl methyl sites for hydroxylation is 2. The molecule has 0 saturated heterocycles. The van der Waals surface area contributed by atoms with Gasteiger partial charge < -0.3 is 32.4 Å². The van der Waals surface area contributed by atoms with Crippen molar-refractivity contribution in [2.45, 2.75) is 21.3 Å². The minimum absolute atomic E-state index is 0. The molecule has 4 aromatic rings. The molecule has 0 fully saturated rings. The molecule has 9 nitrogen and oxygen atoms in total. The van der Waals surface area contributed by atoms with Gasteiger partial charge in [0.2, 0.25) is 0 Å². The second kappa shape index (κ2) is 17.5. The molecular weight excluding hydrogens is 482 g/mol. The topological polar surface area (TPSA) is 166 Å². The molecule has 8 N–H and O–H groups in total. The average Bonchev–Trinajstić information content (AvgIpc) is 2.89. The molecule has 0 aliphatic heterocycles. The van der Waals surface area contributed by atoms with Gasteiger partial charge in [0, 0.05) is 34.9 Å². The van der Waals surface area contributed by atoms with Crippen LogP contribution in [0.3, 0.4) is 0 Å². The molecule has 0 radical (unpaired) electrons. The summed E-state index contributed by atoms with van der Waals surface area (Å²) in [6, 6.07) is 26.8. The molecule has 38 heavy (non-hydrogen) atoms. The lowest BCUT2D eigenvalue weighted by molar-refractivity contribution is -0.384. The van der Waals surface area contributed by atoms with Crippen molar-refractivity contribution in [1.29, 1.82) is 0 Å². The summed E-state index contributed by atoms with van der Waals surface area (Å²) < 4.78 is 9.91. The predicted molar refractivity (Wildman–Crippen MR) is 159 cm³/mol. The van der Waals surface area contributed by atoms with E-state index in [-0.39, 0.29) is 13.1 Å². The zero-order chi connectivity index (χ0) is 27.8. The molecule has 4 rings (SSSR count). The normalized spacial score (nSPS) is 8.95. The van der Waals surface area contributed by atoms with E-state index in [9.17, 15) is 10.1 Å². The van der Waals surface area contributed by atoms with Crippen molar-refractivity contribution in [1.82, 2.24) is 0 Å². The Labute approximate surface area is 225 Å². The van der Waals surface area contributed by atoms with Crippen LogP contribution in [0.4, 0.5) is 28.4 Å². The molecule has 0 saturated carbocycles. The summed E-state index contributed by atoms with van der Waals surface area (Å²) in [4.78, 5) is 9.75. The summed E-state index contributed by atoms with van der Waals surface area (Å²) in [5, 5.41) is 10.2. The first-order chi connectivity index (χ1) is 17.6. The van der Waals surface area contributed by atoms with Gasteiger partial charge in [0.1, 0.15) is 11.5 Å². The summed E-state index contributed by atoms with van der Waals surface area (Å²) in [5.41, 5.74) is 26.6. The van der Waals surface area contributed by atoms with Crippen molar-refractivity contribution in [3.63, 3.8) is 0 Å². The van der Waals surface area contributed by atoms with Crippen molar-refractivity contribution in [2.75, 3.05) is 37.2 Å². The number of rotatable bonds is 3. The highest BCUT2D eigenvalue weighted by atomic mass is 16.6. The van der Waals surface area contributed by atoms with Crippen LogP contribution in [0.15, 0.2) is 91.0 Å². The first kappa shape index (κ1) is 33.1. The number of anilines is 4. The second-order valence-corrected chi connectivity index (χ2v) is 7.70. The van der Waals surface area contributed by atoms with Gasteiger partial charge >= 0.3 is 0 Å². The minimum atomic E-state index is -0.462. The Kier molecular flexibility index (Phi) is 15.2. The standard InChI is InChI=1S/C8H11NO.C7H8N2O2.C7H9NO.C6H7N.CH4/c1-6-5-7(10-2)3-4-8(6)9;1-5-2-3-6(9(10)11)4-7(5)8;1-9-7-4-2-6(8)3-5-7;7-6-4-2-1-3-5-6;/h3-5H,9H2,1-2H3;2-4H,8H2,1H3;2-5H,8H2,1H3;1-5H,7H2;1H4. The van der Waals surface area contributed by atoms with Crippen LogP contribution in [0.25, 0.3) is 0 Å². The number of nitro groups is 1. The number of hydrogen-bond acceptors (Lipinski definition) is 8. The largest absolute Gasteiger partial charge is 0.497 e. The van der Waals surface area contributed by atoms with E-state index >= 15 is 0 Å². The van der Waals surface area contributed by atoms with Crippen LogP contribution in [-0.4, -0.2) is 19.1 Å². The summed E-state index contributed by atoms with van der Waals surface area (Å²) in [6.45, 7) is 3.76. The second-order valence-electron chi connectivity index (χ2n) is 7.70. The smallest absolute Gasteiger partial charge is 0.271 e. The number of ether oxygens (including phenoxy) is 2. The van der Waals surface area contributed by atoms with E-state index in [1.54, 1.807) is 39.3 Å². The third-order valence-electron chi connectivity index (χ3n) is 4.87. The van der Waals surface area contributed by atoms with Crippen molar-refractivity contribution >= 4 is 28.4 Å². The maximum absolute atomic E-state index is 10.2. The lowest BCUT2D eigenvalue weighted by atomic mass is 10.2. The maximum atomic E-state index is 10.2. The average molecular weight is 522 g/mol. The van der Waals surface area contributed by atoms with E-state index in [0.717, 1.165) is 39.7 Å². The van der Waals surface area contributed by atoms with Crippen LogP contribution in [0.1, 0.15) is 18.6 Å². The number of benzene rings is 4. The number of nitrogens with two attached hydrogens (primary N) is 4. The Balaban J connectivity index is 0.000000481. The number of non-ortho nitro benzene ring substituents is 1. The van der Waals surface area contributed by atoms with Crippen LogP contribution in [0, 0.1) is 24.0 Å². The van der Waals surface area contributed by atoms with E-state index in [2.05, 4.69) is 0 Å². The highest BCUT2D eigenvalue weighted by Gasteiger charge is 2.05. The Morgan fingerprint density at radius 2 is 1.16 bits per heavy atom. The number of methoxy groups -OCH3 is 2. The lowest BCUT2D eigenvalue weighted by Crippen LogP contribution is -1.92. The fraction of sp³-hybridized carbons (Fsp3) is 0.172. The van der Waals surface area contributed by atoms with Crippen molar-refractivity contribution in [3.05, 3.63) is 112 Å². The van der Waals surface area contributed by atoms with Crippen molar-refractivity contribution in [3.8, 4) is 11.5 Å². The van der Waals surface area contributed by atoms with E-state index in [1.165, 1.54) is 12.1 Å². The fourth-order valence-electron chi connectivity index (χ4n) is 2.57. The summed E-state index contributed by atoms with van der Waals surface area (Å²) in [5.74, 6) is 1.69. The molecular formula is C29H39N5O4. The number of nitrogen functional groups attached to an aromatic ring is 4. The first-order valence-electron chi connectivity index (χ1n) is 11.2. The zero-order valence-electron chi connectivity index (χ0n) is 21.5. The Hall–Kier alpha value is -4.92. The highest BCUT2D eigenvalue weighted by Crippen LogP contribution is 2.18. The van der Waals surface area contributed by atoms with Crippen LogP contribution >= 0.6 is 0 Å². The quantitative estimate of drug-likeness (QED) is 0.139. The van der Waals surface area contributed by atoms with Gasteiger partial charge in [-0.2, -0.15) is 0 Å². The van der Waals surface area contributed by atoms with Crippen LogP contribution < -0.4 is 32.4 Å². The molecule has 0 amide bonds. The van der Waals surface area contributed by atoms with Crippen LogP contribution in [0.2, 0.25) is 0 Å². The number of para-hydroxylation sites is 1. The summed E-state index contributed by atoms with van der Waals surface area (Å²) in [6.07, 6.45) is 0. The molecule has 0 aliphatic rings. The van der Waals surface area contributed by atoms with Gasteiger partial charge in [0.25, 0.3) is 5.69 Å². The maximum Gasteiger partial charge on any atom is 0.271 e. The minimum Gasteiger partial charge on any atom is -0.497 e. The van der Waals surface area contributed by atoms with Gasteiger partial charge in [-0.1, -0.05) is 31.7 Å².